The summed E-state index contributed by atoms with van der Waals surface area (Å²) >= 11 is 5.90. The summed E-state index contributed by atoms with van der Waals surface area (Å²) in [6.07, 6.45) is 1.86. The summed E-state index contributed by atoms with van der Waals surface area (Å²) in [5.74, 6) is -0.0133. The average molecular weight is 256 g/mol. The normalized spacial score (nSPS) is 10.7. The van der Waals surface area contributed by atoms with Crippen molar-refractivity contribution < 1.29 is 4.79 Å². The molecule has 0 atom stereocenters. The molecule has 3 rings (SSSR count). The largest absolute Gasteiger partial charge is 0.361 e. The second-order valence-electron chi connectivity index (χ2n) is 4.12. The lowest BCUT2D eigenvalue weighted by Gasteiger charge is -2.02. The van der Waals surface area contributed by atoms with Gasteiger partial charge in [-0.1, -0.05) is 23.7 Å². The Morgan fingerprint density at radius 3 is 2.67 bits per heavy atom. The van der Waals surface area contributed by atoms with Crippen LogP contribution in [0.2, 0.25) is 5.02 Å². The predicted octanol–water partition coefficient (Wildman–Crippen LogP) is 4.05. The molecule has 0 unspecified atom stereocenters. The highest BCUT2D eigenvalue weighted by Gasteiger charge is 2.10. The number of halogens is 1. The van der Waals surface area contributed by atoms with Crippen molar-refractivity contribution in [3.63, 3.8) is 0 Å². The molecule has 0 saturated heterocycles. The Balaban J connectivity index is 2.06. The summed E-state index contributed by atoms with van der Waals surface area (Å²) in [6.45, 7) is 0. The number of aromatic nitrogens is 1. The van der Waals surface area contributed by atoms with Gasteiger partial charge in [-0.15, -0.1) is 0 Å². The highest BCUT2D eigenvalue weighted by Crippen LogP contribution is 2.19. The minimum Gasteiger partial charge on any atom is -0.361 e. The van der Waals surface area contributed by atoms with Crippen molar-refractivity contribution >= 4 is 28.3 Å². The van der Waals surface area contributed by atoms with Crippen LogP contribution in [-0.2, 0) is 0 Å². The molecule has 1 aromatic heterocycles. The van der Waals surface area contributed by atoms with Gasteiger partial charge < -0.3 is 4.98 Å². The van der Waals surface area contributed by atoms with Crippen LogP contribution >= 0.6 is 11.6 Å². The fraction of sp³-hybridized carbons (Fsp3) is 0. The smallest absolute Gasteiger partial charge is 0.193 e. The van der Waals surface area contributed by atoms with Crippen LogP contribution in [-0.4, -0.2) is 10.8 Å². The van der Waals surface area contributed by atoms with E-state index in [1.54, 1.807) is 24.3 Å². The van der Waals surface area contributed by atoms with Crippen LogP contribution in [0.4, 0.5) is 0 Å². The summed E-state index contributed by atoms with van der Waals surface area (Å²) in [4.78, 5) is 15.4. The lowest BCUT2D eigenvalue weighted by molar-refractivity contribution is 0.103. The number of hydrogen-bond acceptors (Lipinski definition) is 1. The van der Waals surface area contributed by atoms with Gasteiger partial charge in [0.2, 0.25) is 0 Å². The Kier molecular flexibility index (Phi) is 2.65. The highest BCUT2D eigenvalue weighted by atomic mass is 35.5. The predicted molar refractivity (Wildman–Crippen MR) is 73.2 cm³/mol. The van der Waals surface area contributed by atoms with Crippen molar-refractivity contribution in [1.29, 1.82) is 0 Å². The molecule has 0 bridgehead atoms. The Labute approximate surface area is 109 Å². The van der Waals surface area contributed by atoms with Gasteiger partial charge in [-0.2, -0.15) is 0 Å². The number of fused-ring (bicyclic) bond motifs is 1. The van der Waals surface area contributed by atoms with E-state index in [4.69, 9.17) is 11.6 Å². The van der Waals surface area contributed by atoms with Crippen molar-refractivity contribution in [2.75, 3.05) is 0 Å². The van der Waals surface area contributed by atoms with Gasteiger partial charge in [-0.05, 0) is 36.4 Å². The van der Waals surface area contributed by atoms with Gasteiger partial charge in [0.25, 0.3) is 0 Å². The van der Waals surface area contributed by atoms with Gasteiger partial charge in [0.15, 0.2) is 5.78 Å². The molecular weight excluding hydrogens is 246 g/mol. The van der Waals surface area contributed by atoms with Crippen LogP contribution in [0.3, 0.4) is 0 Å². The Morgan fingerprint density at radius 2 is 1.83 bits per heavy atom. The molecule has 0 aliphatic heterocycles. The third kappa shape index (κ3) is 1.91. The molecule has 0 saturated carbocycles. The minimum absolute atomic E-state index is 0.0133. The van der Waals surface area contributed by atoms with E-state index in [0.29, 0.717) is 16.1 Å². The van der Waals surface area contributed by atoms with E-state index in [1.807, 2.05) is 30.5 Å². The molecule has 18 heavy (non-hydrogen) atoms. The lowest BCUT2D eigenvalue weighted by atomic mass is 10.0. The van der Waals surface area contributed by atoms with Crippen LogP contribution in [0.15, 0.2) is 54.7 Å². The third-order valence-corrected chi connectivity index (χ3v) is 3.14. The summed E-state index contributed by atoms with van der Waals surface area (Å²) in [7, 11) is 0. The first kappa shape index (κ1) is 11.1. The molecular formula is C15H10ClNO. The molecule has 3 aromatic rings. The van der Waals surface area contributed by atoms with E-state index in [1.165, 1.54) is 0 Å². The quantitative estimate of drug-likeness (QED) is 0.689. The topological polar surface area (TPSA) is 32.9 Å². The second kappa shape index (κ2) is 4.31. The van der Waals surface area contributed by atoms with Crippen LogP contribution < -0.4 is 0 Å². The Hall–Kier alpha value is -2.06. The fourth-order valence-electron chi connectivity index (χ4n) is 1.99. The Bertz CT molecular complexity index is 730. The lowest BCUT2D eigenvalue weighted by Crippen LogP contribution is -2.00. The molecule has 1 heterocycles. The van der Waals surface area contributed by atoms with Gasteiger partial charge in [0.1, 0.15) is 0 Å². The van der Waals surface area contributed by atoms with Gasteiger partial charge >= 0.3 is 0 Å². The molecule has 0 aliphatic carbocycles. The minimum atomic E-state index is -0.0133. The van der Waals surface area contributed by atoms with E-state index >= 15 is 0 Å². The van der Waals surface area contributed by atoms with Crippen LogP contribution in [0.5, 0.6) is 0 Å². The number of hydrogen-bond donors (Lipinski definition) is 1. The van der Waals surface area contributed by atoms with E-state index < -0.39 is 0 Å². The molecule has 0 amide bonds. The maximum absolute atomic E-state index is 12.3. The van der Waals surface area contributed by atoms with Crippen molar-refractivity contribution in [2.24, 2.45) is 0 Å². The number of carbonyl (C=O) groups excluding carboxylic acids is 1. The van der Waals surface area contributed by atoms with E-state index in [9.17, 15) is 4.79 Å². The molecule has 88 valence electrons. The monoisotopic (exact) mass is 255 g/mol. The molecule has 2 nitrogen and oxygen atoms in total. The van der Waals surface area contributed by atoms with E-state index in [0.717, 1.165) is 10.9 Å². The first-order valence-corrected chi connectivity index (χ1v) is 5.99. The van der Waals surface area contributed by atoms with Crippen LogP contribution in [0, 0.1) is 0 Å². The van der Waals surface area contributed by atoms with Crippen molar-refractivity contribution in [3.8, 4) is 0 Å². The molecule has 0 spiro atoms. The zero-order valence-corrected chi connectivity index (χ0v) is 10.2. The van der Waals surface area contributed by atoms with E-state index in [-0.39, 0.29) is 5.78 Å². The van der Waals surface area contributed by atoms with Gasteiger partial charge in [-0.25, -0.2) is 0 Å². The molecule has 0 radical (unpaired) electrons. The number of nitrogens with one attached hydrogen (secondary N) is 1. The standard InChI is InChI=1S/C15H10ClNO/c16-13-3-1-2-11(9-13)15(18)12-4-5-14-10(8-12)6-7-17-14/h1-9,17H. The zero-order chi connectivity index (χ0) is 12.5. The van der Waals surface area contributed by atoms with Crippen molar-refractivity contribution in [2.45, 2.75) is 0 Å². The average Bonchev–Trinajstić information content (AvgIpc) is 2.85. The zero-order valence-electron chi connectivity index (χ0n) is 9.48. The number of H-pyrrole nitrogens is 1. The summed E-state index contributed by atoms with van der Waals surface area (Å²) in [5.41, 5.74) is 2.30. The van der Waals surface area contributed by atoms with Gasteiger partial charge in [0, 0.05) is 33.2 Å². The number of aromatic amines is 1. The summed E-state index contributed by atoms with van der Waals surface area (Å²) in [5, 5.41) is 1.60. The maximum Gasteiger partial charge on any atom is 0.193 e. The number of carbonyl (C=O) groups is 1. The van der Waals surface area contributed by atoms with Gasteiger partial charge in [0.05, 0.1) is 0 Å². The number of rotatable bonds is 2. The summed E-state index contributed by atoms with van der Waals surface area (Å²) in [6, 6.07) is 14.6. The molecule has 0 fully saturated rings. The highest BCUT2D eigenvalue weighted by molar-refractivity contribution is 6.31. The van der Waals surface area contributed by atoms with Crippen LogP contribution in [0.25, 0.3) is 10.9 Å². The number of ketones is 1. The fourth-order valence-corrected chi connectivity index (χ4v) is 2.18. The Morgan fingerprint density at radius 1 is 1.00 bits per heavy atom. The maximum atomic E-state index is 12.3. The van der Waals surface area contributed by atoms with Gasteiger partial charge in [-0.3, -0.25) is 4.79 Å². The van der Waals surface area contributed by atoms with E-state index in [2.05, 4.69) is 4.98 Å². The molecule has 1 N–H and O–H groups in total. The first-order chi connectivity index (χ1) is 8.74. The first-order valence-electron chi connectivity index (χ1n) is 5.61. The molecule has 3 heteroatoms. The summed E-state index contributed by atoms with van der Waals surface area (Å²) < 4.78 is 0. The SMILES string of the molecule is O=C(c1cccc(Cl)c1)c1ccc2[nH]ccc2c1. The molecule has 2 aromatic carbocycles. The second-order valence-corrected chi connectivity index (χ2v) is 4.56. The van der Waals surface area contributed by atoms with Crippen LogP contribution in [0.1, 0.15) is 15.9 Å². The molecule has 0 aliphatic rings. The van der Waals surface area contributed by atoms with Crippen molar-refractivity contribution in [3.05, 3.63) is 70.9 Å². The number of benzene rings is 2. The third-order valence-electron chi connectivity index (χ3n) is 2.90. The van der Waals surface area contributed by atoms with Crippen molar-refractivity contribution in [1.82, 2.24) is 4.98 Å².